The molecule has 1 N–H and O–H groups in total. The Bertz CT molecular complexity index is 639. The van der Waals surface area contributed by atoms with Crippen LogP contribution in [0.5, 0.6) is 0 Å². The highest BCUT2D eigenvalue weighted by Crippen LogP contribution is 2.35. The molecule has 0 saturated heterocycles. The number of hydrogen-bond donors (Lipinski definition) is 1. The van der Waals surface area contributed by atoms with E-state index in [2.05, 4.69) is 18.3 Å². The van der Waals surface area contributed by atoms with Crippen LogP contribution in [0.2, 0.25) is 5.02 Å². The van der Waals surface area contributed by atoms with Crippen LogP contribution in [-0.4, -0.2) is 13.1 Å². The lowest BCUT2D eigenvalue weighted by Crippen LogP contribution is -2.18. The summed E-state index contributed by atoms with van der Waals surface area (Å²) in [6.07, 6.45) is 0.957. The van der Waals surface area contributed by atoms with Gasteiger partial charge in [0, 0.05) is 22.7 Å². The smallest absolute Gasteiger partial charge is 0.131 e. The van der Waals surface area contributed by atoms with Gasteiger partial charge in [0.15, 0.2) is 0 Å². The molecule has 0 spiro atoms. The minimum absolute atomic E-state index is 0.228. The second-order valence-electron chi connectivity index (χ2n) is 5.37. The molecular formula is C17H17ClFN. The average molecular weight is 290 g/mol. The van der Waals surface area contributed by atoms with Gasteiger partial charge in [0.05, 0.1) is 0 Å². The molecule has 2 aromatic rings. The van der Waals surface area contributed by atoms with Gasteiger partial charge in [-0.15, -0.1) is 0 Å². The van der Waals surface area contributed by atoms with Crippen molar-refractivity contribution in [3.63, 3.8) is 0 Å². The standard InChI is InChI=1S/C17H17ClFN/c1-11-10-20-7-6-12-8-15(16(18)9-14(11)12)13-4-2-3-5-17(13)19/h2-5,8-9,11,20H,6-7,10H2,1H3/t11-/m1/s1. The molecule has 1 heterocycles. The molecule has 3 rings (SSSR count). The van der Waals surface area contributed by atoms with Crippen molar-refractivity contribution in [1.82, 2.24) is 5.32 Å². The van der Waals surface area contributed by atoms with E-state index in [1.807, 2.05) is 12.1 Å². The number of rotatable bonds is 1. The van der Waals surface area contributed by atoms with Gasteiger partial charge in [-0.1, -0.05) is 36.7 Å². The first-order valence-corrected chi connectivity index (χ1v) is 7.32. The molecule has 0 amide bonds. The van der Waals surface area contributed by atoms with Crippen LogP contribution in [0.15, 0.2) is 36.4 Å². The summed E-state index contributed by atoms with van der Waals surface area (Å²) in [5.74, 6) is 0.203. The van der Waals surface area contributed by atoms with Crippen LogP contribution < -0.4 is 5.32 Å². The Kier molecular flexibility index (Phi) is 3.77. The van der Waals surface area contributed by atoms with Gasteiger partial charge in [-0.05, 0) is 48.2 Å². The van der Waals surface area contributed by atoms with Crippen molar-refractivity contribution in [2.24, 2.45) is 0 Å². The van der Waals surface area contributed by atoms with Crippen molar-refractivity contribution >= 4 is 11.6 Å². The number of benzene rings is 2. The van der Waals surface area contributed by atoms with E-state index in [0.29, 0.717) is 16.5 Å². The Balaban J connectivity index is 2.15. The third-order valence-electron chi connectivity index (χ3n) is 3.95. The zero-order valence-electron chi connectivity index (χ0n) is 11.4. The van der Waals surface area contributed by atoms with E-state index < -0.39 is 0 Å². The molecule has 1 nitrogen and oxygen atoms in total. The fourth-order valence-electron chi connectivity index (χ4n) is 2.85. The van der Waals surface area contributed by atoms with Gasteiger partial charge in [-0.3, -0.25) is 0 Å². The molecule has 20 heavy (non-hydrogen) atoms. The topological polar surface area (TPSA) is 12.0 Å². The summed E-state index contributed by atoms with van der Waals surface area (Å²) in [4.78, 5) is 0. The molecule has 0 bridgehead atoms. The largest absolute Gasteiger partial charge is 0.316 e. The Hall–Kier alpha value is -1.38. The quantitative estimate of drug-likeness (QED) is 0.821. The first kappa shape index (κ1) is 13.6. The monoisotopic (exact) mass is 289 g/mol. The van der Waals surface area contributed by atoms with E-state index in [9.17, 15) is 4.39 Å². The zero-order valence-corrected chi connectivity index (χ0v) is 12.2. The fourth-order valence-corrected chi connectivity index (χ4v) is 3.12. The summed E-state index contributed by atoms with van der Waals surface area (Å²) in [7, 11) is 0. The van der Waals surface area contributed by atoms with E-state index in [1.165, 1.54) is 17.2 Å². The van der Waals surface area contributed by atoms with Gasteiger partial charge in [0.2, 0.25) is 0 Å². The van der Waals surface area contributed by atoms with Crippen LogP contribution in [-0.2, 0) is 6.42 Å². The summed E-state index contributed by atoms with van der Waals surface area (Å²) in [5.41, 5.74) is 3.91. The first-order valence-electron chi connectivity index (χ1n) is 6.94. The summed E-state index contributed by atoms with van der Waals surface area (Å²) in [6.45, 7) is 4.11. The van der Waals surface area contributed by atoms with Gasteiger partial charge >= 0.3 is 0 Å². The number of nitrogens with one attached hydrogen (secondary N) is 1. The molecule has 1 atom stereocenters. The number of hydrogen-bond acceptors (Lipinski definition) is 1. The van der Waals surface area contributed by atoms with E-state index in [-0.39, 0.29) is 5.82 Å². The van der Waals surface area contributed by atoms with Crippen molar-refractivity contribution < 1.29 is 4.39 Å². The molecule has 3 heteroatoms. The number of fused-ring (bicyclic) bond motifs is 1. The van der Waals surface area contributed by atoms with Crippen LogP contribution >= 0.6 is 11.6 Å². The zero-order chi connectivity index (χ0) is 14.1. The van der Waals surface area contributed by atoms with Crippen LogP contribution in [0.1, 0.15) is 24.0 Å². The van der Waals surface area contributed by atoms with Crippen molar-refractivity contribution in [3.05, 3.63) is 58.4 Å². The second-order valence-corrected chi connectivity index (χ2v) is 5.77. The van der Waals surface area contributed by atoms with Gasteiger partial charge in [0.1, 0.15) is 5.82 Å². The molecule has 0 unspecified atom stereocenters. The van der Waals surface area contributed by atoms with Crippen molar-refractivity contribution in [3.8, 4) is 11.1 Å². The Morgan fingerprint density at radius 2 is 2.00 bits per heavy atom. The van der Waals surface area contributed by atoms with Crippen LogP contribution in [0, 0.1) is 5.82 Å². The van der Waals surface area contributed by atoms with Crippen LogP contribution in [0.4, 0.5) is 4.39 Å². The maximum absolute atomic E-state index is 14.0. The molecule has 1 aliphatic rings. The highest BCUT2D eigenvalue weighted by Gasteiger charge is 2.18. The van der Waals surface area contributed by atoms with E-state index >= 15 is 0 Å². The van der Waals surface area contributed by atoms with Crippen molar-refractivity contribution in [2.75, 3.05) is 13.1 Å². The van der Waals surface area contributed by atoms with Crippen LogP contribution in [0.25, 0.3) is 11.1 Å². The minimum atomic E-state index is -0.228. The summed E-state index contributed by atoms with van der Waals surface area (Å²) in [6, 6.07) is 10.9. The molecule has 1 aliphatic heterocycles. The maximum atomic E-state index is 14.0. The van der Waals surface area contributed by atoms with Gasteiger partial charge in [-0.25, -0.2) is 4.39 Å². The molecule has 2 aromatic carbocycles. The minimum Gasteiger partial charge on any atom is -0.316 e. The maximum Gasteiger partial charge on any atom is 0.131 e. The molecular weight excluding hydrogens is 273 g/mol. The lowest BCUT2D eigenvalue weighted by atomic mass is 9.91. The third-order valence-corrected chi connectivity index (χ3v) is 4.26. The van der Waals surface area contributed by atoms with Crippen LogP contribution in [0.3, 0.4) is 0 Å². The third kappa shape index (κ3) is 2.46. The lowest BCUT2D eigenvalue weighted by Gasteiger charge is -2.16. The Morgan fingerprint density at radius 3 is 2.80 bits per heavy atom. The predicted molar refractivity (Wildman–Crippen MR) is 81.8 cm³/mol. The van der Waals surface area contributed by atoms with E-state index in [1.54, 1.807) is 12.1 Å². The molecule has 104 valence electrons. The highest BCUT2D eigenvalue weighted by molar-refractivity contribution is 6.33. The van der Waals surface area contributed by atoms with Crippen molar-refractivity contribution in [2.45, 2.75) is 19.3 Å². The molecule has 0 aromatic heterocycles. The predicted octanol–water partition coefficient (Wildman–Crippen LogP) is 4.40. The van der Waals surface area contributed by atoms with E-state index in [0.717, 1.165) is 25.1 Å². The molecule has 0 saturated carbocycles. The highest BCUT2D eigenvalue weighted by atomic mass is 35.5. The van der Waals surface area contributed by atoms with Gasteiger partial charge < -0.3 is 5.32 Å². The Labute approximate surface area is 123 Å². The normalized spacial score (nSPS) is 18.4. The fraction of sp³-hybridized carbons (Fsp3) is 0.294. The SMILES string of the molecule is C[C@@H]1CNCCc2cc(-c3ccccc3F)c(Cl)cc21. The van der Waals surface area contributed by atoms with E-state index in [4.69, 9.17) is 11.6 Å². The van der Waals surface area contributed by atoms with Gasteiger partial charge in [0.25, 0.3) is 0 Å². The van der Waals surface area contributed by atoms with Crippen molar-refractivity contribution in [1.29, 1.82) is 0 Å². The second kappa shape index (κ2) is 5.55. The number of halogens is 2. The average Bonchev–Trinajstić information content (AvgIpc) is 2.61. The first-order chi connectivity index (χ1) is 9.66. The molecule has 0 radical (unpaired) electrons. The lowest BCUT2D eigenvalue weighted by molar-refractivity contribution is 0.631. The summed E-state index contributed by atoms with van der Waals surface area (Å²) in [5, 5.41) is 4.04. The Morgan fingerprint density at radius 1 is 1.20 bits per heavy atom. The van der Waals surface area contributed by atoms with Gasteiger partial charge in [-0.2, -0.15) is 0 Å². The summed E-state index contributed by atoms with van der Waals surface area (Å²) >= 11 is 6.40. The molecule has 0 aliphatic carbocycles. The molecule has 0 fully saturated rings. The summed E-state index contributed by atoms with van der Waals surface area (Å²) < 4.78 is 14.0.